The zero-order valence-electron chi connectivity index (χ0n) is 13.1. The van der Waals surface area contributed by atoms with Crippen molar-refractivity contribution >= 4 is 46.3 Å². The molecule has 1 aliphatic heterocycles. The topological polar surface area (TPSA) is 70.5 Å². The fraction of sp³-hybridized carbons (Fsp3) is 0.111. The van der Waals surface area contributed by atoms with Crippen LogP contribution in [0.1, 0.15) is 16.7 Å². The third kappa shape index (κ3) is 4.32. The number of rotatable bonds is 5. The maximum atomic E-state index is 12.2. The first-order valence-electron chi connectivity index (χ1n) is 7.48. The van der Waals surface area contributed by atoms with Crippen LogP contribution >= 0.6 is 24.0 Å². The predicted molar refractivity (Wildman–Crippen MR) is 101 cm³/mol. The third-order valence-corrected chi connectivity index (χ3v) is 4.95. The first-order valence-corrected chi connectivity index (χ1v) is 8.70. The van der Waals surface area contributed by atoms with E-state index in [0.717, 1.165) is 39.8 Å². The highest BCUT2D eigenvalue weighted by molar-refractivity contribution is 8.26. The summed E-state index contributed by atoms with van der Waals surface area (Å²) in [7, 11) is 0. The summed E-state index contributed by atoms with van der Waals surface area (Å²) in [5.41, 5.74) is 3.14. The summed E-state index contributed by atoms with van der Waals surface area (Å²) in [5, 5.41) is 8.85. The molecule has 2 aromatic rings. The molecule has 3 rings (SSSR count). The average molecular weight is 370 g/mol. The number of carbonyl (C=O) groups is 2. The van der Waals surface area contributed by atoms with E-state index in [1.165, 1.54) is 0 Å². The second-order valence-electron chi connectivity index (χ2n) is 5.44. The molecule has 126 valence electrons. The maximum Gasteiger partial charge on any atom is 0.323 e. The molecular formula is C18H14N2O3S2. The van der Waals surface area contributed by atoms with Crippen LogP contribution in [0.15, 0.2) is 53.7 Å². The number of aromatic nitrogens is 1. The van der Waals surface area contributed by atoms with E-state index in [2.05, 4.69) is 4.98 Å². The van der Waals surface area contributed by atoms with Crippen LogP contribution < -0.4 is 0 Å². The number of hydrogen-bond donors (Lipinski definition) is 1. The van der Waals surface area contributed by atoms with Gasteiger partial charge in [0.05, 0.1) is 4.91 Å². The van der Waals surface area contributed by atoms with Crippen LogP contribution in [0.2, 0.25) is 0 Å². The molecule has 1 fully saturated rings. The molecule has 7 heteroatoms. The second kappa shape index (κ2) is 7.58. The molecule has 1 saturated heterocycles. The van der Waals surface area contributed by atoms with Crippen LogP contribution in [0.25, 0.3) is 6.08 Å². The number of benzene rings is 1. The van der Waals surface area contributed by atoms with E-state index in [1.54, 1.807) is 12.3 Å². The molecule has 1 aromatic carbocycles. The highest BCUT2D eigenvalue weighted by Crippen LogP contribution is 2.32. The lowest BCUT2D eigenvalue weighted by molar-refractivity contribution is -0.140. The summed E-state index contributed by atoms with van der Waals surface area (Å²) in [6.07, 6.45) is 6.10. The number of hydrogen-bond acceptors (Lipinski definition) is 5. The average Bonchev–Trinajstić information content (AvgIpc) is 2.85. The lowest BCUT2D eigenvalue weighted by atomic mass is 10.0. The van der Waals surface area contributed by atoms with Crippen LogP contribution in [-0.4, -0.2) is 37.7 Å². The van der Waals surface area contributed by atoms with E-state index in [-0.39, 0.29) is 10.2 Å². The van der Waals surface area contributed by atoms with Gasteiger partial charge in [-0.05, 0) is 35.3 Å². The molecule has 0 bridgehead atoms. The van der Waals surface area contributed by atoms with Crippen molar-refractivity contribution in [3.05, 3.63) is 70.4 Å². The van der Waals surface area contributed by atoms with Gasteiger partial charge in [0.25, 0.3) is 5.91 Å². The van der Waals surface area contributed by atoms with Crippen molar-refractivity contribution in [2.24, 2.45) is 0 Å². The van der Waals surface area contributed by atoms with Gasteiger partial charge in [0.2, 0.25) is 0 Å². The number of amides is 1. The number of pyridine rings is 1. The maximum absolute atomic E-state index is 12.2. The predicted octanol–water partition coefficient (Wildman–Crippen LogP) is 2.96. The normalized spacial score (nSPS) is 15.8. The SMILES string of the molecule is O=C(O)CN1C(=O)C(=Cc2ccc(Cc3cccnc3)cc2)SC1=S. The Bertz CT molecular complexity index is 848. The minimum Gasteiger partial charge on any atom is -0.480 e. The Kier molecular flexibility index (Phi) is 5.25. The van der Waals surface area contributed by atoms with Crippen LogP contribution in [-0.2, 0) is 16.0 Å². The van der Waals surface area contributed by atoms with Gasteiger partial charge in [0.1, 0.15) is 10.9 Å². The largest absolute Gasteiger partial charge is 0.480 e. The van der Waals surface area contributed by atoms with Crippen molar-refractivity contribution in [3.8, 4) is 0 Å². The van der Waals surface area contributed by atoms with Crippen LogP contribution in [0.3, 0.4) is 0 Å². The summed E-state index contributed by atoms with van der Waals surface area (Å²) in [6, 6.07) is 11.8. The van der Waals surface area contributed by atoms with Crippen LogP contribution in [0.4, 0.5) is 0 Å². The second-order valence-corrected chi connectivity index (χ2v) is 7.12. The monoisotopic (exact) mass is 370 g/mol. The van der Waals surface area contributed by atoms with Crippen LogP contribution in [0.5, 0.6) is 0 Å². The molecule has 0 unspecified atom stereocenters. The zero-order chi connectivity index (χ0) is 17.8. The molecular weight excluding hydrogens is 356 g/mol. The highest BCUT2D eigenvalue weighted by atomic mass is 32.2. The van der Waals surface area contributed by atoms with Gasteiger partial charge >= 0.3 is 5.97 Å². The van der Waals surface area contributed by atoms with Gasteiger partial charge in [0, 0.05) is 12.4 Å². The van der Waals surface area contributed by atoms with E-state index in [4.69, 9.17) is 17.3 Å². The Morgan fingerprint density at radius 2 is 2.00 bits per heavy atom. The van der Waals surface area contributed by atoms with Gasteiger partial charge in [-0.15, -0.1) is 0 Å². The lowest BCUT2D eigenvalue weighted by Crippen LogP contribution is -2.33. The van der Waals surface area contributed by atoms with E-state index in [0.29, 0.717) is 4.91 Å². The van der Waals surface area contributed by atoms with Crippen LogP contribution in [0, 0.1) is 0 Å². The number of carbonyl (C=O) groups excluding carboxylic acids is 1. The number of thiocarbonyl (C=S) groups is 1. The standard InChI is InChI=1S/C18H14N2O3S2/c21-16(22)11-20-17(23)15(25-18(20)24)9-13-5-3-12(4-6-13)8-14-2-1-7-19-10-14/h1-7,9-10H,8,11H2,(H,21,22). The Labute approximate surface area is 154 Å². The van der Waals surface area contributed by atoms with E-state index < -0.39 is 12.5 Å². The van der Waals surface area contributed by atoms with Crippen molar-refractivity contribution in [3.63, 3.8) is 0 Å². The van der Waals surface area contributed by atoms with Crippen molar-refractivity contribution in [2.75, 3.05) is 6.54 Å². The van der Waals surface area contributed by atoms with Gasteiger partial charge in [-0.1, -0.05) is 54.3 Å². The first kappa shape index (κ1) is 17.3. The number of carboxylic acids is 1. The van der Waals surface area contributed by atoms with Crippen molar-refractivity contribution in [1.82, 2.24) is 9.88 Å². The molecule has 1 aliphatic rings. The lowest BCUT2D eigenvalue weighted by Gasteiger charge is -2.10. The third-order valence-electron chi connectivity index (χ3n) is 3.58. The molecule has 0 saturated carbocycles. The first-order chi connectivity index (χ1) is 12.0. The summed E-state index contributed by atoms with van der Waals surface area (Å²) in [6.45, 7) is -0.411. The van der Waals surface area contributed by atoms with Crippen molar-refractivity contribution in [2.45, 2.75) is 6.42 Å². The number of thioether (sulfide) groups is 1. The summed E-state index contributed by atoms with van der Waals surface area (Å²) in [4.78, 5) is 28.7. The van der Waals surface area contributed by atoms with Crippen molar-refractivity contribution < 1.29 is 14.7 Å². The molecule has 0 aliphatic carbocycles. The van der Waals surface area contributed by atoms with E-state index in [9.17, 15) is 9.59 Å². The molecule has 1 aromatic heterocycles. The molecule has 2 heterocycles. The molecule has 0 spiro atoms. The van der Waals surface area contributed by atoms with Gasteiger partial charge in [0.15, 0.2) is 0 Å². The number of carboxylic acid groups (broad SMARTS) is 1. The molecule has 0 atom stereocenters. The van der Waals surface area contributed by atoms with Gasteiger partial charge in [-0.3, -0.25) is 19.5 Å². The molecule has 5 nitrogen and oxygen atoms in total. The Morgan fingerprint density at radius 1 is 1.24 bits per heavy atom. The Morgan fingerprint density at radius 3 is 2.64 bits per heavy atom. The van der Waals surface area contributed by atoms with Gasteiger partial charge < -0.3 is 5.11 Å². The number of aliphatic carboxylic acids is 1. The summed E-state index contributed by atoms with van der Waals surface area (Å²) < 4.78 is 0.270. The minimum absolute atomic E-state index is 0.270. The zero-order valence-corrected chi connectivity index (χ0v) is 14.7. The van der Waals surface area contributed by atoms with E-state index >= 15 is 0 Å². The minimum atomic E-state index is -1.09. The number of nitrogens with zero attached hydrogens (tertiary/aromatic N) is 2. The Hall–Kier alpha value is -2.51. The van der Waals surface area contributed by atoms with Crippen molar-refractivity contribution in [1.29, 1.82) is 0 Å². The summed E-state index contributed by atoms with van der Waals surface area (Å²) >= 11 is 6.20. The Balaban J connectivity index is 1.72. The quantitative estimate of drug-likeness (QED) is 0.645. The molecule has 0 radical (unpaired) electrons. The fourth-order valence-corrected chi connectivity index (χ4v) is 3.65. The fourth-order valence-electron chi connectivity index (χ4n) is 2.39. The highest BCUT2D eigenvalue weighted by Gasteiger charge is 2.33. The van der Waals surface area contributed by atoms with Gasteiger partial charge in [-0.25, -0.2) is 0 Å². The molecule has 1 N–H and O–H groups in total. The molecule has 25 heavy (non-hydrogen) atoms. The summed E-state index contributed by atoms with van der Waals surface area (Å²) in [5.74, 6) is -1.45. The van der Waals surface area contributed by atoms with Gasteiger partial charge in [-0.2, -0.15) is 0 Å². The van der Waals surface area contributed by atoms with E-state index in [1.807, 2.05) is 42.6 Å². The molecule has 1 amide bonds. The smallest absolute Gasteiger partial charge is 0.323 e.